The Morgan fingerprint density at radius 2 is 1.88 bits per heavy atom. The molecule has 1 aromatic carbocycles. The molecule has 8 nitrogen and oxygen atoms in total. The molecule has 0 bridgehead atoms. The van der Waals surface area contributed by atoms with Gasteiger partial charge < -0.3 is 4.74 Å². The fraction of sp³-hybridized carbons (Fsp3) is 0.444. The molecule has 2 aliphatic heterocycles. The quantitative estimate of drug-likeness (QED) is 0.722. The average molecular weight is 355 g/mol. The molecule has 136 valence electrons. The number of rotatable bonds is 5. The molecule has 26 heavy (non-hydrogen) atoms. The Hall–Kier alpha value is -2.74. The van der Waals surface area contributed by atoms with Crippen molar-refractivity contribution in [2.45, 2.75) is 13.1 Å². The lowest BCUT2D eigenvalue weighted by Gasteiger charge is -2.19. The van der Waals surface area contributed by atoms with Crippen molar-refractivity contribution in [1.29, 1.82) is 0 Å². The van der Waals surface area contributed by atoms with E-state index in [4.69, 9.17) is 4.74 Å². The maximum absolute atomic E-state index is 12.2. The minimum Gasteiger partial charge on any atom is -0.496 e. The molecule has 2 amide bonds. The summed E-state index contributed by atoms with van der Waals surface area (Å²) in [6, 6.07) is 6.06. The van der Waals surface area contributed by atoms with Gasteiger partial charge in [0.15, 0.2) is 0 Å². The van der Waals surface area contributed by atoms with E-state index in [1.165, 1.54) is 11.2 Å². The van der Waals surface area contributed by atoms with Crippen LogP contribution in [0.3, 0.4) is 0 Å². The van der Waals surface area contributed by atoms with Crippen molar-refractivity contribution < 1.29 is 14.3 Å². The van der Waals surface area contributed by atoms with Gasteiger partial charge in [0, 0.05) is 32.2 Å². The summed E-state index contributed by atoms with van der Waals surface area (Å²) in [5.41, 5.74) is 2.14. The number of methoxy groups -OCH3 is 1. The van der Waals surface area contributed by atoms with Gasteiger partial charge in [0.2, 0.25) is 11.8 Å². The lowest BCUT2D eigenvalue weighted by Crippen LogP contribution is -2.32. The summed E-state index contributed by atoms with van der Waals surface area (Å²) in [7, 11) is 3.22. The van der Waals surface area contributed by atoms with Crippen LogP contribution < -0.4 is 4.74 Å². The van der Waals surface area contributed by atoms with Crippen LogP contribution in [-0.2, 0) is 22.7 Å². The fourth-order valence-electron chi connectivity index (χ4n) is 3.92. The molecule has 0 aliphatic carbocycles. The maximum atomic E-state index is 12.2. The second kappa shape index (κ2) is 6.53. The number of ether oxygens (including phenoxy) is 1. The molecule has 1 aromatic heterocycles. The number of carbonyl (C=O) groups is 2. The number of nitrogens with zero attached hydrogens (tertiary/aromatic N) is 5. The molecule has 0 saturated carbocycles. The number of aromatic nitrogens is 3. The molecule has 2 atom stereocenters. The largest absolute Gasteiger partial charge is 0.496 e. The molecule has 0 radical (unpaired) electrons. The lowest BCUT2D eigenvalue weighted by atomic mass is 10.00. The second-order valence-electron chi connectivity index (χ2n) is 6.88. The highest BCUT2D eigenvalue weighted by Gasteiger charge is 2.50. The smallest absolute Gasteiger partial charge is 0.234 e. The number of fused-ring (bicyclic) bond motifs is 1. The lowest BCUT2D eigenvalue weighted by molar-refractivity contribution is -0.138. The van der Waals surface area contributed by atoms with Crippen LogP contribution in [0, 0.1) is 11.8 Å². The molecule has 0 N–H and O–H groups in total. The number of hydrogen-bond donors (Lipinski definition) is 0. The van der Waals surface area contributed by atoms with Crippen molar-refractivity contribution in [3.8, 4) is 5.75 Å². The third-order valence-corrected chi connectivity index (χ3v) is 5.24. The number of benzene rings is 1. The zero-order chi connectivity index (χ0) is 18.3. The molecule has 2 aromatic rings. The van der Waals surface area contributed by atoms with Gasteiger partial charge in [-0.3, -0.25) is 19.4 Å². The van der Waals surface area contributed by atoms with Crippen molar-refractivity contribution in [2.24, 2.45) is 11.8 Å². The number of carbonyl (C=O) groups excluding carboxylic acids is 2. The molecule has 2 saturated heterocycles. The van der Waals surface area contributed by atoms with Crippen LogP contribution in [0.5, 0.6) is 5.75 Å². The zero-order valence-electron chi connectivity index (χ0n) is 14.8. The summed E-state index contributed by atoms with van der Waals surface area (Å²) in [6.45, 7) is 2.53. The SMILES string of the molecule is COc1ccc(CN2C[C@@H]3C(=O)N(C)C(=O)[C@@H]3C2)cc1Cn1cncn1. The Balaban J connectivity index is 1.49. The topological polar surface area (TPSA) is 80.6 Å². The Morgan fingerprint density at radius 3 is 2.50 bits per heavy atom. The minimum atomic E-state index is -0.194. The number of amides is 2. The predicted molar refractivity (Wildman–Crippen MR) is 92.2 cm³/mol. The average Bonchev–Trinajstić information content (AvgIpc) is 3.33. The Morgan fingerprint density at radius 1 is 1.15 bits per heavy atom. The summed E-state index contributed by atoms with van der Waals surface area (Å²) in [5, 5.41) is 4.14. The Kier molecular flexibility index (Phi) is 4.20. The monoisotopic (exact) mass is 355 g/mol. The van der Waals surface area contributed by atoms with Gasteiger partial charge in [-0.25, -0.2) is 9.67 Å². The molecule has 0 unspecified atom stereocenters. The number of imide groups is 1. The van der Waals surface area contributed by atoms with Crippen LogP contribution in [0.2, 0.25) is 0 Å². The summed E-state index contributed by atoms with van der Waals surface area (Å²) in [6.07, 6.45) is 3.17. The molecule has 2 fully saturated rings. The standard InChI is InChI=1S/C18H21N5O3/c1-21-17(24)14-8-22(9-15(14)18(21)25)6-12-3-4-16(26-2)13(5-12)7-23-11-19-10-20-23/h3-5,10-11,14-15H,6-9H2,1-2H3/t14-,15+. The number of hydrogen-bond acceptors (Lipinski definition) is 6. The van der Waals surface area contributed by atoms with Crippen LogP contribution in [0.25, 0.3) is 0 Å². The van der Waals surface area contributed by atoms with E-state index in [0.29, 0.717) is 26.2 Å². The maximum Gasteiger partial charge on any atom is 0.234 e. The fourth-order valence-corrected chi connectivity index (χ4v) is 3.92. The van der Waals surface area contributed by atoms with E-state index in [-0.39, 0.29) is 23.7 Å². The van der Waals surface area contributed by atoms with E-state index in [0.717, 1.165) is 16.9 Å². The van der Waals surface area contributed by atoms with E-state index in [1.54, 1.807) is 25.2 Å². The van der Waals surface area contributed by atoms with E-state index in [1.807, 2.05) is 12.1 Å². The van der Waals surface area contributed by atoms with Gasteiger partial charge in [-0.15, -0.1) is 0 Å². The van der Waals surface area contributed by atoms with Gasteiger partial charge in [0.05, 0.1) is 25.5 Å². The van der Waals surface area contributed by atoms with E-state index in [2.05, 4.69) is 21.0 Å². The van der Waals surface area contributed by atoms with Crippen molar-refractivity contribution in [3.05, 3.63) is 42.0 Å². The Bertz CT molecular complexity index is 811. The third-order valence-electron chi connectivity index (χ3n) is 5.24. The molecule has 8 heteroatoms. The van der Waals surface area contributed by atoms with E-state index < -0.39 is 0 Å². The molecule has 3 heterocycles. The van der Waals surface area contributed by atoms with Gasteiger partial charge in [-0.1, -0.05) is 6.07 Å². The van der Waals surface area contributed by atoms with Crippen LogP contribution in [0.1, 0.15) is 11.1 Å². The minimum absolute atomic E-state index is 0.0518. The van der Waals surface area contributed by atoms with Crippen molar-refractivity contribution in [2.75, 3.05) is 27.2 Å². The summed E-state index contributed by atoms with van der Waals surface area (Å²) < 4.78 is 7.19. The molecular formula is C18H21N5O3. The summed E-state index contributed by atoms with van der Waals surface area (Å²) in [5.74, 6) is 0.309. The van der Waals surface area contributed by atoms with Gasteiger partial charge in [-0.2, -0.15) is 5.10 Å². The third kappa shape index (κ3) is 2.86. The highest BCUT2D eigenvalue weighted by atomic mass is 16.5. The van der Waals surface area contributed by atoms with Gasteiger partial charge >= 0.3 is 0 Å². The van der Waals surface area contributed by atoms with Crippen molar-refractivity contribution in [3.63, 3.8) is 0 Å². The summed E-state index contributed by atoms with van der Waals surface area (Å²) in [4.78, 5) is 31.7. The van der Waals surface area contributed by atoms with Crippen molar-refractivity contribution in [1.82, 2.24) is 24.6 Å². The van der Waals surface area contributed by atoms with Gasteiger partial charge in [-0.05, 0) is 17.7 Å². The van der Waals surface area contributed by atoms with Crippen LogP contribution >= 0.6 is 0 Å². The highest BCUT2D eigenvalue weighted by molar-refractivity contribution is 6.05. The molecular weight excluding hydrogens is 334 g/mol. The second-order valence-corrected chi connectivity index (χ2v) is 6.88. The normalized spacial score (nSPS) is 22.9. The first-order valence-electron chi connectivity index (χ1n) is 8.59. The first kappa shape index (κ1) is 16.7. The van der Waals surface area contributed by atoms with Crippen LogP contribution in [-0.4, -0.2) is 63.6 Å². The summed E-state index contributed by atoms with van der Waals surface area (Å²) >= 11 is 0. The van der Waals surface area contributed by atoms with E-state index >= 15 is 0 Å². The predicted octanol–water partition coefficient (Wildman–Crippen LogP) is 0.382. The van der Waals surface area contributed by atoms with Gasteiger partial charge in [0.1, 0.15) is 18.4 Å². The van der Waals surface area contributed by atoms with Crippen LogP contribution in [0.4, 0.5) is 0 Å². The molecule has 2 aliphatic rings. The molecule has 0 spiro atoms. The first-order chi connectivity index (χ1) is 12.6. The zero-order valence-corrected chi connectivity index (χ0v) is 14.8. The van der Waals surface area contributed by atoms with Crippen molar-refractivity contribution >= 4 is 11.8 Å². The van der Waals surface area contributed by atoms with Gasteiger partial charge in [0.25, 0.3) is 0 Å². The Labute approximate surface area is 151 Å². The first-order valence-corrected chi connectivity index (χ1v) is 8.59. The molecule has 4 rings (SSSR count). The van der Waals surface area contributed by atoms with E-state index in [9.17, 15) is 9.59 Å². The highest BCUT2D eigenvalue weighted by Crippen LogP contribution is 2.33. The number of likely N-dealkylation sites (tertiary alicyclic amines) is 2. The van der Waals surface area contributed by atoms with Crippen LogP contribution in [0.15, 0.2) is 30.9 Å².